The molecule has 25 nitrogen and oxygen atoms in total. The number of nitrogen functional groups attached to an aromatic ring is 1. The van der Waals surface area contributed by atoms with Crippen molar-refractivity contribution in [2.45, 2.75) is 156 Å². The van der Waals surface area contributed by atoms with Gasteiger partial charge in [-0.1, -0.05) is 78.6 Å². The number of phosphoric acid groups is 3. The number of ether oxygens (including phenoxy) is 1. The molecular weight excluding hydrogens is 1110 g/mol. The number of aliphatic hydroxyl groups excluding tert-OH is 2. The van der Waals surface area contributed by atoms with Crippen LogP contribution in [0.2, 0.25) is 0 Å². The summed E-state index contributed by atoms with van der Waals surface area (Å²) in [5.41, 5.74) is 6.19. The van der Waals surface area contributed by atoms with E-state index in [-0.39, 0.29) is 58.9 Å². The van der Waals surface area contributed by atoms with Crippen molar-refractivity contribution in [1.29, 1.82) is 0 Å². The average molecular weight is 1190 g/mol. The number of aliphatic hydroxyl groups is 2. The molecule has 0 aromatic carbocycles. The topological polar surface area (TPSA) is 381 Å². The van der Waals surface area contributed by atoms with Gasteiger partial charge in [0, 0.05) is 43.0 Å². The minimum absolute atomic E-state index is 0.0312. The van der Waals surface area contributed by atoms with E-state index in [1.54, 1.807) is 0 Å². The number of allylic oxidation sites excluding steroid dienone is 1. The van der Waals surface area contributed by atoms with Crippen LogP contribution in [-0.2, 0) is 55.5 Å². The van der Waals surface area contributed by atoms with Crippen molar-refractivity contribution in [3.8, 4) is 0 Å². The van der Waals surface area contributed by atoms with Crippen molar-refractivity contribution in [3.05, 3.63) is 24.3 Å². The highest BCUT2D eigenvalue weighted by atomic mass is 32.2. The lowest BCUT2D eigenvalue weighted by atomic mass is 9.46. The van der Waals surface area contributed by atoms with Gasteiger partial charge in [-0.15, -0.1) is 0 Å². The molecule has 0 bridgehead atoms. The van der Waals surface area contributed by atoms with Gasteiger partial charge in [-0.2, -0.15) is 4.31 Å². The Labute approximate surface area is 464 Å². The number of nitrogens with one attached hydrogen (secondary N) is 2. The lowest BCUT2D eigenvalue weighted by molar-refractivity contribution is -0.137. The summed E-state index contributed by atoms with van der Waals surface area (Å²) < 4.78 is 62.9. The molecule has 444 valence electrons. The first-order chi connectivity index (χ1) is 36.9. The van der Waals surface area contributed by atoms with E-state index in [0.29, 0.717) is 41.1 Å². The number of ketones is 1. The van der Waals surface area contributed by atoms with Crippen LogP contribution in [0.4, 0.5) is 5.82 Å². The van der Waals surface area contributed by atoms with E-state index in [4.69, 9.17) is 19.5 Å². The fourth-order valence-corrected chi connectivity index (χ4v) is 17.3. The molecule has 3 unspecified atom stereocenters. The summed E-state index contributed by atoms with van der Waals surface area (Å²) in [7, 11) is -16.5. The minimum Gasteiger partial charge on any atom is -0.386 e. The Hall–Kier alpha value is -3.03. The number of rotatable bonds is 26. The van der Waals surface area contributed by atoms with Gasteiger partial charge >= 0.3 is 23.5 Å². The van der Waals surface area contributed by atoms with Crippen molar-refractivity contribution in [3.63, 3.8) is 0 Å². The number of nitrogens with zero attached hydrogens (tertiary/aromatic N) is 4. The van der Waals surface area contributed by atoms with Gasteiger partial charge in [0.25, 0.3) is 0 Å². The van der Waals surface area contributed by atoms with Crippen molar-refractivity contribution in [1.82, 2.24) is 30.2 Å². The van der Waals surface area contributed by atoms with Crippen LogP contribution in [-0.4, -0.2) is 128 Å². The molecule has 2 aromatic rings. The van der Waals surface area contributed by atoms with Crippen molar-refractivity contribution in [2.75, 3.05) is 37.8 Å². The van der Waals surface area contributed by atoms with Crippen LogP contribution >= 0.6 is 35.2 Å². The summed E-state index contributed by atoms with van der Waals surface area (Å²) in [5.74, 6) is 2.68. The Balaban J connectivity index is 0.780. The maximum atomic E-state index is 13.4. The quantitative estimate of drug-likeness (QED) is 0.0391. The molecule has 3 saturated carbocycles. The van der Waals surface area contributed by atoms with Crippen LogP contribution in [0.1, 0.15) is 132 Å². The molecule has 7 rings (SSSR count). The lowest BCUT2D eigenvalue weighted by Gasteiger charge is -2.58. The van der Waals surface area contributed by atoms with Gasteiger partial charge in [0.05, 0.1) is 19.5 Å². The van der Waals surface area contributed by atoms with Gasteiger partial charge in [0.2, 0.25) is 11.8 Å². The van der Waals surface area contributed by atoms with Crippen LogP contribution in [0.15, 0.2) is 24.3 Å². The molecule has 2 aromatic heterocycles. The summed E-state index contributed by atoms with van der Waals surface area (Å²) in [6.45, 7) is 12.1. The normalized spacial score (nSPS) is 31.2. The van der Waals surface area contributed by atoms with Gasteiger partial charge < -0.3 is 50.9 Å². The van der Waals surface area contributed by atoms with Gasteiger partial charge in [0.15, 0.2) is 28.6 Å². The number of carbonyl (C=O) groups is 4. The van der Waals surface area contributed by atoms with E-state index < -0.39 is 84.6 Å². The first-order valence-corrected chi connectivity index (χ1v) is 32.7. The summed E-state index contributed by atoms with van der Waals surface area (Å²) in [5, 5.41) is 27.0. The van der Waals surface area contributed by atoms with Crippen LogP contribution in [0.3, 0.4) is 0 Å². The number of anilines is 1. The van der Waals surface area contributed by atoms with E-state index in [0.717, 1.165) is 61.2 Å². The second-order valence-corrected chi connectivity index (χ2v) is 28.8. The number of hydrogen-bond acceptors (Lipinski definition) is 19. The van der Waals surface area contributed by atoms with Gasteiger partial charge in [-0.25, -0.2) is 28.6 Å². The minimum atomic E-state index is -5.60. The van der Waals surface area contributed by atoms with E-state index in [2.05, 4.69) is 62.1 Å². The first kappa shape index (κ1) is 63.5. The highest BCUT2D eigenvalue weighted by Crippen LogP contribution is 2.68. The lowest BCUT2D eigenvalue weighted by Crippen LogP contribution is -2.51. The fraction of sp³-hybridized carbons (Fsp3) is 0.780. The Morgan fingerprint density at radius 2 is 1.68 bits per heavy atom. The van der Waals surface area contributed by atoms with Gasteiger partial charge in [-0.3, -0.25) is 37.3 Å². The molecule has 3 heterocycles. The molecule has 29 heteroatoms. The standard InChI is InChI=1S/C50H80N7O18P3S/c1-8-30(10-9-28(2)34-13-14-35-33-12-11-31-23-32(58)15-18-49(31,6)36(33)16-19-50(34,35)7)29(3)47(63)79-22-21-52-38(59)17-20-53-45(62)42(61)48(4,5)25-72-78(69,70)75-77(67,68)71-24-37-41(74-76(64,65)66)40(60)46(73-37)57-27-56-39-43(51)54-26-55-44(39)57/h23,26-30,33-37,40-42,46,60-61H,8-22,24-25H2,1-7H3,(H,52,59)(H,53,62)(H,67,68)(H,69,70)(H2,51,54,55)(H2,64,65,66)/t28-,29?,30-,33+,34-,35+,36+,37-,40-,41-,42+,46-,49+,50-/m1/s1. The van der Waals surface area contributed by atoms with E-state index in [1.165, 1.54) is 63.3 Å². The number of amides is 2. The predicted molar refractivity (Wildman–Crippen MR) is 289 cm³/mol. The average Bonchev–Trinajstić information content (AvgIpc) is 4.11. The Bertz CT molecular complexity index is 2730. The molecule has 16 atom stereocenters. The number of fused-ring (bicyclic) bond motifs is 6. The SMILES string of the molecule is CC[C@H](CC[C@@H](C)[C@H]1CC[C@H]2[C@@H]3CCC4=CC(=O)CC[C@]4(C)[C@H]3CC[C@]12C)C(C)C(=O)SCCNC(=O)CCNC(=O)[C@H](O)C(C)(C)COP(=O)(O)OP(=O)(O)OC[C@H]1O[C@@H](n2cnc3c(N)ncnc32)[C@H](O)[C@@H]1OP(=O)(O)O. The molecule has 4 fully saturated rings. The molecule has 2 amide bonds. The molecule has 1 saturated heterocycles. The van der Waals surface area contributed by atoms with Crippen LogP contribution in [0.5, 0.6) is 0 Å². The number of aromatic nitrogens is 4. The van der Waals surface area contributed by atoms with Crippen molar-refractivity contribution < 1.29 is 85.3 Å². The highest BCUT2D eigenvalue weighted by molar-refractivity contribution is 8.13. The smallest absolute Gasteiger partial charge is 0.386 e. The number of thioether (sulfide) groups is 1. The van der Waals surface area contributed by atoms with E-state index in [1.807, 2.05) is 13.0 Å². The molecule has 1 aliphatic heterocycles. The third-order valence-corrected chi connectivity index (χ3v) is 22.2. The zero-order chi connectivity index (χ0) is 58.0. The molecular formula is C50H80N7O18P3S. The Morgan fingerprint density at radius 1 is 0.962 bits per heavy atom. The van der Waals surface area contributed by atoms with E-state index in [9.17, 15) is 62.7 Å². The Kier molecular flexibility index (Phi) is 20.5. The second kappa shape index (κ2) is 25.4. The number of phosphoric ester groups is 3. The zero-order valence-electron chi connectivity index (χ0n) is 45.9. The molecule has 5 aliphatic rings. The second-order valence-electron chi connectivity index (χ2n) is 23.4. The highest BCUT2D eigenvalue weighted by Gasteiger charge is 2.60. The monoisotopic (exact) mass is 1190 g/mol. The number of nitrogens with two attached hydrogens (primary N) is 1. The predicted octanol–water partition coefficient (Wildman–Crippen LogP) is 5.89. The molecule has 0 radical (unpaired) electrons. The fourth-order valence-electron chi connectivity index (χ4n) is 13.6. The maximum Gasteiger partial charge on any atom is 0.481 e. The molecule has 10 N–H and O–H groups in total. The van der Waals surface area contributed by atoms with Crippen LogP contribution < -0.4 is 16.4 Å². The van der Waals surface area contributed by atoms with Gasteiger partial charge in [0.1, 0.15) is 36.3 Å². The first-order valence-electron chi connectivity index (χ1n) is 27.2. The van der Waals surface area contributed by atoms with Crippen molar-refractivity contribution >= 4 is 74.9 Å². The number of imidazole rings is 1. The largest absolute Gasteiger partial charge is 0.481 e. The summed E-state index contributed by atoms with van der Waals surface area (Å²) in [6, 6.07) is 0. The number of hydrogen-bond donors (Lipinski definition) is 9. The third-order valence-electron chi connectivity index (χ3n) is 18.1. The molecule has 79 heavy (non-hydrogen) atoms. The maximum absolute atomic E-state index is 13.4. The van der Waals surface area contributed by atoms with E-state index >= 15 is 0 Å². The van der Waals surface area contributed by atoms with Crippen molar-refractivity contribution in [2.24, 2.45) is 57.7 Å². The zero-order valence-corrected chi connectivity index (χ0v) is 49.4. The molecule has 0 spiro atoms. The third kappa shape index (κ3) is 14.8. The molecule has 4 aliphatic carbocycles. The Morgan fingerprint density at radius 3 is 2.39 bits per heavy atom. The summed E-state index contributed by atoms with van der Waals surface area (Å²) >= 11 is 1.19. The summed E-state index contributed by atoms with van der Waals surface area (Å²) in [4.78, 5) is 103. The number of carbonyl (C=O) groups excluding carboxylic acids is 4. The van der Waals surface area contributed by atoms with Gasteiger partial charge in [-0.05, 0) is 104 Å². The summed E-state index contributed by atoms with van der Waals surface area (Å²) in [6.07, 6.45) is 6.98. The van der Waals surface area contributed by atoms with Crippen LogP contribution in [0.25, 0.3) is 11.2 Å². The van der Waals surface area contributed by atoms with Crippen LogP contribution in [0, 0.1) is 57.7 Å².